The van der Waals surface area contributed by atoms with Crippen LogP contribution in [-0.2, 0) is 4.79 Å². The molecule has 21 heavy (non-hydrogen) atoms. The van der Waals surface area contributed by atoms with Gasteiger partial charge in [-0.3, -0.25) is 9.69 Å². The van der Waals surface area contributed by atoms with Gasteiger partial charge in [0.25, 0.3) is 5.91 Å². The Kier molecular flexibility index (Phi) is 4.51. The Balaban J connectivity index is 1.82. The van der Waals surface area contributed by atoms with Crippen molar-refractivity contribution >= 4 is 23.7 Å². The fourth-order valence-corrected chi connectivity index (χ4v) is 3.11. The Hall–Kier alpha value is -1.63. The summed E-state index contributed by atoms with van der Waals surface area (Å²) >= 11 is 1.61. The summed E-state index contributed by atoms with van der Waals surface area (Å²) in [6.45, 7) is 7.67. The van der Waals surface area contributed by atoms with Gasteiger partial charge in [-0.25, -0.2) is 14.8 Å². The highest BCUT2D eigenvalue weighted by atomic mass is 32.2. The van der Waals surface area contributed by atoms with Gasteiger partial charge in [-0.05, 0) is 40.2 Å². The Labute approximate surface area is 128 Å². The number of imide groups is 1. The third-order valence-electron chi connectivity index (χ3n) is 3.16. The highest BCUT2D eigenvalue weighted by Gasteiger charge is 2.43. The van der Waals surface area contributed by atoms with Crippen LogP contribution in [0.3, 0.4) is 0 Å². The van der Waals surface area contributed by atoms with Gasteiger partial charge in [0.05, 0.1) is 5.03 Å². The molecule has 0 radical (unpaired) electrons. The van der Waals surface area contributed by atoms with Crippen molar-refractivity contribution in [3.63, 3.8) is 0 Å². The SMILES string of the molecule is Cc1cc(SCCCN2C(=O)NC(C)(C)C2=O)nc(C)n1. The van der Waals surface area contributed by atoms with Crippen molar-refractivity contribution in [2.24, 2.45) is 0 Å². The van der Waals surface area contributed by atoms with Crippen LogP contribution in [0.1, 0.15) is 31.8 Å². The average molecular weight is 308 g/mol. The molecule has 0 spiro atoms. The lowest BCUT2D eigenvalue weighted by Gasteiger charge is -2.15. The lowest BCUT2D eigenvalue weighted by molar-refractivity contribution is -0.130. The Morgan fingerprint density at radius 3 is 2.57 bits per heavy atom. The zero-order chi connectivity index (χ0) is 15.6. The van der Waals surface area contributed by atoms with Crippen LogP contribution >= 0.6 is 11.8 Å². The molecule has 1 aliphatic rings. The Bertz CT molecular complexity index is 554. The van der Waals surface area contributed by atoms with Crippen LogP contribution in [0.4, 0.5) is 4.79 Å². The van der Waals surface area contributed by atoms with Gasteiger partial charge in [0.2, 0.25) is 0 Å². The zero-order valence-electron chi connectivity index (χ0n) is 12.8. The fourth-order valence-electron chi connectivity index (χ4n) is 2.18. The van der Waals surface area contributed by atoms with E-state index in [2.05, 4.69) is 15.3 Å². The highest BCUT2D eigenvalue weighted by Crippen LogP contribution is 2.20. The van der Waals surface area contributed by atoms with Crippen molar-refractivity contribution < 1.29 is 9.59 Å². The number of nitrogens with zero attached hydrogens (tertiary/aromatic N) is 3. The van der Waals surface area contributed by atoms with Crippen LogP contribution in [0, 0.1) is 13.8 Å². The van der Waals surface area contributed by atoms with Crippen molar-refractivity contribution in [2.45, 2.75) is 44.7 Å². The van der Waals surface area contributed by atoms with Gasteiger partial charge in [0.1, 0.15) is 11.4 Å². The second-order valence-corrected chi connectivity index (χ2v) is 6.72. The number of thioether (sulfide) groups is 1. The van der Waals surface area contributed by atoms with E-state index in [1.54, 1.807) is 25.6 Å². The maximum Gasteiger partial charge on any atom is 0.325 e. The maximum absolute atomic E-state index is 12.0. The van der Waals surface area contributed by atoms with Crippen molar-refractivity contribution in [1.29, 1.82) is 0 Å². The van der Waals surface area contributed by atoms with Crippen LogP contribution in [0.5, 0.6) is 0 Å². The summed E-state index contributed by atoms with van der Waals surface area (Å²) in [5.41, 5.74) is 0.159. The van der Waals surface area contributed by atoms with E-state index >= 15 is 0 Å². The van der Waals surface area contributed by atoms with E-state index < -0.39 is 5.54 Å². The van der Waals surface area contributed by atoms with E-state index in [4.69, 9.17) is 0 Å². The average Bonchev–Trinajstić information content (AvgIpc) is 2.54. The summed E-state index contributed by atoms with van der Waals surface area (Å²) in [7, 11) is 0. The molecule has 1 N–H and O–H groups in total. The summed E-state index contributed by atoms with van der Waals surface area (Å²) < 4.78 is 0. The minimum absolute atomic E-state index is 0.161. The molecular formula is C14H20N4O2S. The predicted octanol–water partition coefficient (Wildman–Crippen LogP) is 1.91. The number of aromatic nitrogens is 2. The first-order valence-corrected chi connectivity index (χ1v) is 7.87. The molecule has 0 aliphatic carbocycles. The first-order valence-electron chi connectivity index (χ1n) is 6.89. The van der Waals surface area contributed by atoms with Gasteiger partial charge in [-0.1, -0.05) is 0 Å². The highest BCUT2D eigenvalue weighted by molar-refractivity contribution is 7.99. The summed E-state index contributed by atoms with van der Waals surface area (Å²) in [5, 5.41) is 3.60. The number of carbonyl (C=O) groups excluding carboxylic acids is 2. The lowest BCUT2D eigenvalue weighted by Crippen LogP contribution is -2.40. The standard InChI is InChI=1S/C14H20N4O2S/c1-9-8-11(16-10(2)15-9)21-7-5-6-18-12(19)14(3,4)17-13(18)20/h8H,5-7H2,1-4H3,(H,17,20). The van der Waals surface area contributed by atoms with E-state index in [9.17, 15) is 9.59 Å². The van der Waals surface area contributed by atoms with Gasteiger partial charge >= 0.3 is 6.03 Å². The first-order chi connectivity index (χ1) is 9.79. The minimum Gasteiger partial charge on any atom is -0.324 e. The number of hydrogen-bond acceptors (Lipinski definition) is 5. The Morgan fingerprint density at radius 2 is 2.00 bits per heavy atom. The van der Waals surface area contributed by atoms with Crippen LogP contribution < -0.4 is 5.32 Å². The molecule has 0 aromatic carbocycles. The molecule has 1 aromatic rings. The van der Waals surface area contributed by atoms with E-state index in [0.717, 1.165) is 28.7 Å². The van der Waals surface area contributed by atoms with Gasteiger partial charge < -0.3 is 5.32 Å². The van der Waals surface area contributed by atoms with Gasteiger partial charge in [-0.2, -0.15) is 0 Å². The quantitative estimate of drug-likeness (QED) is 0.389. The molecule has 0 unspecified atom stereocenters. The van der Waals surface area contributed by atoms with Gasteiger partial charge in [0, 0.05) is 18.0 Å². The Morgan fingerprint density at radius 1 is 1.29 bits per heavy atom. The van der Waals surface area contributed by atoms with Crippen molar-refractivity contribution in [2.75, 3.05) is 12.3 Å². The van der Waals surface area contributed by atoms with Gasteiger partial charge in [0.15, 0.2) is 0 Å². The minimum atomic E-state index is -0.787. The monoisotopic (exact) mass is 308 g/mol. The molecule has 6 nitrogen and oxygen atoms in total. The molecule has 1 aliphatic heterocycles. The molecule has 1 saturated heterocycles. The number of amides is 3. The third-order valence-corrected chi connectivity index (χ3v) is 4.16. The van der Waals surface area contributed by atoms with Crippen molar-refractivity contribution in [3.05, 3.63) is 17.6 Å². The second kappa shape index (κ2) is 6.01. The summed E-state index contributed by atoms with van der Waals surface area (Å²) in [6, 6.07) is 1.64. The van der Waals surface area contributed by atoms with Crippen LogP contribution in [0.2, 0.25) is 0 Å². The number of carbonyl (C=O) groups is 2. The van der Waals surface area contributed by atoms with Crippen LogP contribution in [0.15, 0.2) is 11.1 Å². The number of hydrogen-bond donors (Lipinski definition) is 1. The largest absolute Gasteiger partial charge is 0.325 e. The predicted molar refractivity (Wildman–Crippen MR) is 81.2 cm³/mol. The molecule has 2 rings (SSSR count). The summed E-state index contributed by atoms with van der Waals surface area (Å²) in [5.74, 6) is 1.40. The van der Waals surface area contributed by atoms with E-state index in [0.29, 0.717) is 6.54 Å². The van der Waals surface area contributed by atoms with E-state index in [-0.39, 0.29) is 11.9 Å². The molecule has 1 fully saturated rings. The number of rotatable bonds is 5. The molecule has 114 valence electrons. The molecule has 1 aromatic heterocycles. The number of aryl methyl sites for hydroxylation is 2. The van der Waals surface area contributed by atoms with Crippen LogP contribution in [0.25, 0.3) is 0 Å². The maximum atomic E-state index is 12.0. The zero-order valence-corrected chi connectivity index (χ0v) is 13.6. The summed E-state index contributed by atoms with van der Waals surface area (Å²) in [4.78, 5) is 33.6. The van der Waals surface area contributed by atoms with Crippen molar-refractivity contribution in [3.8, 4) is 0 Å². The van der Waals surface area contributed by atoms with Crippen molar-refractivity contribution in [1.82, 2.24) is 20.2 Å². The van der Waals surface area contributed by atoms with Gasteiger partial charge in [-0.15, -0.1) is 11.8 Å². The third kappa shape index (κ3) is 3.72. The fraction of sp³-hybridized carbons (Fsp3) is 0.571. The van der Waals surface area contributed by atoms with E-state index in [1.165, 1.54) is 4.90 Å². The number of nitrogens with one attached hydrogen (secondary N) is 1. The molecule has 0 atom stereocenters. The molecule has 3 amide bonds. The smallest absolute Gasteiger partial charge is 0.324 e. The second-order valence-electron chi connectivity index (χ2n) is 5.61. The molecule has 2 heterocycles. The van der Waals surface area contributed by atoms with Crippen LogP contribution in [-0.4, -0.2) is 44.6 Å². The molecule has 7 heteroatoms. The first kappa shape index (κ1) is 15.8. The molecular weight excluding hydrogens is 288 g/mol. The summed E-state index contributed by atoms with van der Waals surface area (Å²) in [6.07, 6.45) is 0.738. The lowest BCUT2D eigenvalue weighted by atomic mass is 10.1. The topological polar surface area (TPSA) is 75.2 Å². The molecule has 0 bridgehead atoms. The van der Waals surface area contributed by atoms with E-state index in [1.807, 2.05) is 19.9 Å². The molecule has 0 saturated carbocycles. The normalized spacial score (nSPS) is 17.2. The number of urea groups is 1.